The molecule has 0 aliphatic heterocycles. The van der Waals surface area contributed by atoms with Gasteiger partial charge in [-0.2, -0.15) is 13.2 Å². The van der Waals surface area contributed by atoms with E-state index < -0.39 is 18.6 Å². The van der Waals surface area contributed by atoms with Crippen molar-refractivity contribution < 1.29 is 23.1 Å². The molecule has 0 bridgehead atoms. The van der Waals surface area contributed by atoms with Crippen molar-refractivity contribution >= 4 is 11.7 Å². The van der Waals surface area contributed by atoms with Gasteiger partial charge in [0.05, 0.1) is 12.0 Å². The summed E-state index contributed by atoms with van der Waals surface area (Å²) in [5.74, 6) is -1.22. The molecule has 0 heterocycles. The summed E-state index contributed by atoms with van der Waals surface area (Å²) >= 11 is 0. The summed E-state index contributed by atoms with van der Waals surface area (Å²) in [7, 11) is 0. The molecule has 0 radical (unpaired) electrons. The van der Waals surface area contributed by atoms with Gasteiger partial charge in [0.15, 0.2) is 0 Å². The van der Waals surface area contributed by atoms with Crippen molar-refractivity contribution in [2.75, 3.05) is 5.73 Å². The number of nitrogens with two attached hydrogens (primary N) is 1. The molecule has 1 rings (SSSR count). The number of carboxylic acids is 1. The maximum absolute atomic E-state index is 12.0. The second-order valence-electron chi connectivity index (χ2n) is 3.01. The average Bonchev–Trinajstić information content (AvgIpc) is 2.05. The molecule has 15 heavy (non-hydrogen) atoms. The van der Waals surface area contributed by atoms with Crippen molar-refractivity contribution in [2.45, 2.75) is 12.6 Å². The van der Waals surface area contributed by atoms with Gasteiger partial charge in [-0.3, -0.25) is 0 Å². The number of alkyl halides is 3. The van der Waals surface area contributed by atoms with Crippen molar-refractivity contribution in [2.24, 2.45) is 0 Å². The number of halogens is 3. The van der Waals surface area contributed by atoms with Crippen molar-refractivity contribution in [3.63, 3.8) is 0 Å². The average molecular weight is 219 g/mol. The van der Waals surface area contributed by atoms with Crippen LogP contribution in [0, 0.1) is 0 Å². The first-order chi connectivity index (χ1) is 6.79. The number of hydrogen-bond donors (Lipinski definition) is 2. The highest BCUT2D eigenvalue weighted by Gasteiger charge is 2.28. The predicted octanol–water partition coefficient (Wildman–Crippen LogP) is 2.07. The molecule has 0 unspecified atom stereocenters. The Hall–Kier alpha value is -1.72. The number of hydrogen-bond acceptors (Lipinski definition) is 2. The summed E-state index contributed by atoms with van der Waals surface area (Å²) in [6, 6.07) is 3.19. The standard InChI is InChI=1S/C9H8F3NO2/c10-9(11,12)4-6-2-1-5(8(14)15)3-7(6)13/h1-3H,4,13H2,(H,14,15). The number of benzene rings is 1. The zero-order valence-corrected chi connectivity index (χ0v) is 7.51. The predicted molar refractivity (Wildman–Crippen MR) is 47.6 cm³/mol. The monoisotopic (exact) mass is 219 g/mol. The third-order valence-electron chi connectivity index (χ3n) is 1.78. The van der Waals surface area contributed by atoms with Crippen LogP contribution in [0.3, 0.4) is 0 Å². The summed E-state index contributed by atoms with van der Waals surface area (Å²) in [6.45, 7) is 0. The fraction of sp³-hybridized carbons (Fsp3) is 0.222. The quantitative estimate of drug-likeness (QED) is 0.748. The maximum atomic E-state index is 12.0. The lowest BCUT2D eigenvalue weighted by molar-refractivity contribution is -0.127. The smallest absolute Gasteiger partial charge is 0.393 e. The number of carboxylic acid groups (broad SMARTS) is 1. The Morgan fingerprint density at radius 3 is 2.40 bits per heavy atom. The van der Waals surface area contributed by atoms with E-state index in [1.807, 2.05) is 0 Å². The van der Waals surface area contributed by atoms with Crippen molar-refractivity contribution in [1.82, 2.24) is 0 Å². The van der Waals surface area contributed by atoms with Crippen molar-refractivity contribution in [1.29, 1.82) is 0 Å². The van der Waals surface area contributed by atoms with Gasteiger partial charge in [-0.25, -0.2) is 4.79 Å². The highest BCUT2D eigenvalue weighted by Crippen LogP contribution is 2.25. The SMILES string of the molecule is Nc1cc(C(=O)O)ccc1CC(F)(F)F. The van der Waals surface area contributed by atoms with Crippen LogP contribution in [0.1, 0.15) is 15.9 Å². The van der Waals surface area contributed by atoms with E-state index >= 15 is 0 Å². The van der Waals surface area contributed by atoms with Crippen LogP contribution in [0.2, 0.25) is 0 Å². The van der Waals surface area contributed by atoms with Gasteiger partial charge in [0.2, 0.25) is 0 Å². The van der Waals surface area contributed by atoms with E-state index in [0.29, 0.717) is 0 Å². The third kappa shape index (κ3) is 3.16. The Morgan fingerprint density at radius 2 is 2.00 bits per heavy atom. The Kier molecular flexibility index (Phi) is 2.88. The Bertz CT molecular complexity index is 387. The molecular weight excluding hydrogens is 211 g/mol. The second-order valence-corrected chi connectivity index (χ2v) is 3.01. The van der Waals surface area contributed by atoms with E-state index in [1.54, 1.807) is 0 Å². The Balaban J connectivity index is 2.99. The molecule has 82 valence electrons. The molecule has 0 aromatic heterocycles. The lowest BCUT2D eigenvalue weighted by Crippen LogP contribution is -2.13. The van der Waals surface area contributed by atoms with Crippen LogP contribution in [0.4, 0.5) is 18.9 Å². The highest BCUT2D eigenvalue weighted by atomic mass is 19.4. The summed E-state index contributed by atoms with van der Waals surface area (Å²) < 4.78 is 36.0. The van der Waals surface area contributed by atoms with Crippen LogP contribution in [0.5, 0.6) is 0 Å². The number of rotatable bonds is 2. The molecule has 0 saturated carbocycles. The molecule has 1 aromatic rings. The van der Waals surface area contributed by atoms with Crippen LogP contribution in [-0.4, -0.2) is 17.3 Å². The van der Waals surface area contributed by atoms with E-state index in [9.17, 15) is 18.0 Å². The molecule has 0 spiro atoms. The lowest BCUT2D eigenvalue weighted by atomic mass is 10.1. The minimum absolute atomic E-state index is 0.118. The maximum Gasteiger partial charge on any atom is 0.393 e. The molecule has 3 N–H and O–H groups in total. The molecule has 6 heteroatoms. The van der Waals surface area contributed by atoms with E-state index in [1.165, 1.54) is 0 Å². The first kappa shape index (κ1) is 11.4. The summed E-state index contributed by atoms with van der Waals surface area (Å²) in [6.07, 6.45) is -5.50. The largest absolute Gasteiger partial charge is 0.478 e. The van der Waals surface area contributed by atoms with Crippen LogP contribution in [-0.2, 0) is 6.42 Å². The molecule has 1 aromatic carbocycles. The van der Waals surface area contributed by atoms with E-state index in [2.05, 4.69) is 0 Å². The Labute approximate surface area is 83.3 Å². The van der Waals surface area contributed by atoms with Gasteiger partial charge >= 0.3 is 12.1 Å². The zero-order valence-electron chi connectivity index (χ0n) is 7.51. The molecule has 0 aliphatic rings. The number of aromatic carboxylic acids is 1. The molecule has 0 saturated heterocycles. The zero-order chi connectivity index (χ0) is 11.6. The molecule has 0 aliphatic carbocycles. The Morgan fingerprint density at radius 1 is 1.40 bits per heavy atom. The number of anilines is 1. The van der Waals surface area contributed by atoms with Crippen molar-refractivity contribution in [3.05, 3.63) is 29.3 Å². The number of carbonyl (C=O) groups is 1. The summed E-state index contributed by atoms with van der Waals surface area (Å²) in [4.78, 5) is 10.5. The van der Waals surface area contributed by atoms with Crippen LogP contribution in [0.15, 0.2) is 18.2 Å². The van der Waals surface area contributed by atoms with Gasteiger partial charge in [0, 0.05) is 5.69 Å². The highest BCUT2D eigenvalue weighted by molar-refractivity contribution is 5.88. The third-order valence-corrected chi connectivity index (χ3v) is 1.78. The van der Waals surface area contributed by atoms with E-state index in [4.69, 9.17) is 10.8 Å². The normalized spacial score (nSPS) is 11.4. The second kappa shape index (κ2) is 3.80. The molecule has 0 fully saturated rings. The van der Waals surface area contributed by atoms with E-state index in [-0.39, 0.29) is 16.8 Å². The minimum atomic E-state index is -4.35. The van der Waals surface area contributed by atoms with Gasteiger partial charge in [-0.05, 0) is 17.7 Å². The molecule has 0 atom stereocenters. The van der Waals surface area contributed by atoms with Gasteiger partial charge in [0.25, 0.3) is 0 Å². The molecule has 3 nitrogen and oxygen atoms in total. The molecular formula is C9H8F3NO2. The van der Waals surface area contributed by atoms with Gasteiger partial charge < -0.3 is 10.8 Å². The lowest BCUT2D eigenvalue weighted by Gasteiger charge is -2.09. The minimum Gasteiger partial charge on any atom is -0.478 e. The van der Waals surface area contributed by atoms with Crippen LogP contribution in [0.25, 0.3) is 0 Å². The van der Waals surface area contributed by atoms with Gasteiger partial charge in [-0.15, -0.1) is 0 Å². The fourth-order valence-corrected chi connectivity index (χ4v) is 1.10. The first-order valence-electron chi connectivity index (χ1n) is 3.98. The van der Waals surface area contributed by atoms with Gasteiger partial charge in [-0.1, -0.05) is 6.07 Å². The van der Waals surface area contributed by atoms with Crippen molar-refractivity contribution in [3.8, 4) is 0 Å². The first-order valence-corrected chi connectivity index (χ1v) is 3.98. The molecule has 0 amide bonds. The van der Waals surface area contributed by atoms with E-state index in [0.717, 1.165) is 18.2 Å². The fourth-order valence-electron chi connectivity index (χ4n) is 1.10. The van der Waals surface area contributed by atoms with Crippen LogP contribution < -0.4 is 5.73 Å². The summed E-state index contributed by atoms with van der Waals surface area (Å²) in [5.41, 5.74) is 4.90. The topological polar surface area (TPSA) is 63.3 Å². The summed E-state index contributed by atoms with van der Waals surface area (Å²) in [5, 5.41) is 8.55. The number of nitrogen functional groups attached to an aromatic ring is 1. The van der Waals surface area contributed by atoms with Crippen LogP contribution >= 0.6 is 0 Å². The van der Waals surface area contributed by atoms with Gasteiger partial charge in [0.1, 0.15) is 0 Å².